The van der Waals surface area contributed by atoms with Crippen LogP contribution in [0.3, 0.4) is 0 Å². The summed E-state index contributed by atoms with van der Waals surface area (Å²) in [6.45, 7) is 2.12. The molecule has 1 aliphatic rings. The molecule has 1 aromatic carbocycles. The van der Waals surface area contributed by atoms with Gasteiger partial charge in [0.1, 0.15) is 12.3 Å². The van der Waals surface area contributed by atoms with Gasteiger partial charge in [0.2, 0.25) is 0 Å². The average molecular weight is 509 g/mol. The number of hydrogen-bond acceptors (Lipinski definition) is 7. The van der Waals surface area contributed by atoms with Crippen molar-refractivity contribution >= 4 is 23.1 Å². The molecule has 0 saturated heterocycles. The molecule has 3 heterocycles. The molecule has 0 radical (unpaired) electrons. The van der Waals surface area contributed by atoms with Gasteiger partial charge in [-0.05, 0) is 31.5 Å². The predicted octanol–water partition coefficient (Wildman–Crippen LogP) is 3.75. The number of hydrogen-bond donors (Lipinski definition) is 3. The van der Waals surface area contributed by atoms with Gasteiger partial charge in [0.25, 0.3) is 0 Å². The molecule has 35 heavy (non-hydrogen) atoms. The van der Waals surface area contributed by atoms with E-state index in [-0.39, 0.29) is 10.8 Å². The summed E-state index contributed by atoms with van der Waals surface area (Å²) in [4.78, 5) is 16.8. The molecule has 4 rings (SSSR count). The summed E-state index contributed by atoms with van der Waals surface area (Å²) >= 11 is 1.17. The summed E-state index contributed by atoms with van der Waals surface area (Å²) in [5.74, 6) is -0.840. The van der Waals surface area contributed by atoms with E-state index in [1.54, 1.807) is 38.4 Å². The number of nitrogens with zero attached hydrogens (tertiary/aromatic N) is 4. The Morgan fingerprint density at radius 1 is 1.34 bits per heavy atom. The Kier molecular flexibility index (Phi) is 6.32. The van der Waals surface area contributed by atoms with Gasteiger partial charge in [-0.15, -0.1) is 11.3 Å². The van der Waals surface area contributed by atoms with Gasteiger partial charge in [0.05, 0.1) is 18.5 Å². The van der Waals surface area contributed by atoms with Crippen molar-refractivity contribution in [3.63, 3.8) is 0 Å². The molecule has 0 fully saturated rings. The van der Waals surface area contributed by atoms with Crippen molar-refractivity contribution in [1.29, 1.82) is 5.41 Å². The summed E-state index contributed by atoms with van der Waals surface area (Å²) in [7, 11) is 1.32. The minimum atomic E-state index is -4.48. The second-order valence-corrected chi connectivity index (χ2v) is 9.50. The largest absolute Gasteiger partial charge is 0.492 e. The second kappa shape index (κ2) is 8.96. The lowest BCUT2D eigenvalue weighted by atomic mass is 10.0. The number of aliphatic carboxylic acids is 1. The van der Waals surface area contributed by atoms with Crippen molar-refractivity contribution in [3.05, 3.63) is 40.5 Å². The van der Waals surface area contributed by atoms with E-state index >= 15 is 0 Å². The van der Waals surface area contributed by atoms with Gasteiger partial charge in [-0.3, -0.25) is 15.1 Å². The maximum Gasteiger partial charge on any atom is 0.407 e. The van der Waals surface area contributed by atoms with Crippen LogP contribution in [0.2, 0.25) is 0 Å². The van der Waals surface area contributed by atoms with Crippen LogP contribution < -0.4 is 10.2 Å². The number of carbonyl (C=O) groups is 1. The Labute approximate surface area is 202 Å². The van der Waals surface area contributed by atoms with E-state index < -0.39 is 24.2 Å². The Hall–Kier alpha value is -3.45. The zero-order chi connectivity index (χ0) is 25.5. The topological polar surface area (TPSA) is 116 Å². The molecule has 3 aromatic rings. The highest BCUT2D eigenvalue weighted by molar-refractivity contribution is 7.14. The van der Waals surface area contributed by atoms with Crippen LogP contribution in [0.5, 0.6) is 5.75 Å². The van der Waals surface area contributed by atoms with Crippen molar-refractivity contribution < 1.29 is 27.8 Å². The van der Waals surface area contributed by atoms with E-state index in [0.717, 1.165) is 10.4 Å². The highest BCUT2D eigenvalue weighted by Gasteiger charge is 2.34. The third-order valence-electron chi connectivity index (χ3n) is 5.61. The molecule has 9 nitrogen and oxygen atoms in total. The third-order valence-corrected chi connectivity index (χ3v) is 6.73. The summed E-state index contributed by atoms with van der Waals surface area (Å²) in [6, 6.07) is 5.42. The Morgan fingerprint density at radius 3 is 2.74 bits per heavy atom. The maximum atomic E-state index is 12.9. The summed E-state index contributed by atoms with van der Waals surface area (Å²) in [6.07, 6.45) is -0.765. The van der Waals surface area contributed by atoms with Gasteiger partial charge >= 0.3 is 12.1 Å². The molecule has 0 unspecified atom stereocenters. The number of carboxylic acids is 1. The zero-order valence-corrected chi connectivity index (χ0v) is 19.9. The fraction of sp³-hybridized carbons (Fsp3) is 0.364. The lowest BCUT2D eigenvalue weighted by molar-refractivity contribution is -0.146. The molecule has 13 heteroatoms. The summed E-state index contributed by atoms with van der Waals surface area (Å²) in [5.41, 5.74) is 3.88. The van der Waals surface area contributed by atoms with Gasteiger partial charge in [0.15, 0.2) is 16.4 Å². The summed E-state index contributed by atoms with van der Waals surface area (Å²) in [5, 5.41) is 22.8. The number of aromatic nitrogens is 3. The number of amidine groups is 1. The zero-order valence-electron chi connectivity index (χ0n) is 19.1. The van der Waals surface area contributed by atoms with Crippen molar-refractivity contribution in [2.75, 3.05) is 20.2 Å². The third kappa shape index (κ3) is 4.86. The lowest BCUT2D eigenvalue weighted by Gasteiger charge is -2.23. The SMILES string of the molecule is CNN(CC(F)(F)F)C(=N)c1nc2c(s1)CCOc1cc(-c3cnn(C(C)(C)C(=O)O)c3)ccc1-2. The molecule has 0 aliphatic carbocycles. The minimum Gasteiger partial charge on any atom is -0.492 e. The molecule has 186 valence electrons. The smallest absolute Gasteiger partial charge is 0.407 e. The van der Waals surface area contributed by atoms with Crippen LogP contribution in [0, 0.1) is 5.41 Å². The predicted molar refractivity (Wildman–Crippen MR) is 124 cm³/mol. The first-order valence-corrected chi connectivity index (χ1v) is 11.4. The van der Waals surface area contributed by atoms with Crippen molar-refractivity contribution in [2.45, 2.75) is 32.0 Å². The number of carboxylic acid groups (broad SMARTS) is 1. The molecular formula is C22H23F3N6O3S. The molecule has 0 atom stereocenters. The average Bonchev–Trinajstić information content (AvgIpc) is 3.41. The summed E-state index contributed by atoms with van der Waals surface area (Å²) < 4.78 is 45.9. The monoisotopic (exact) mass is 508 g/mol. The molecule has 2 aromatic heterocycles. The van der Waals surface area contributed by atoms with Crippen LogP contribution in [-0.4, -0.2) is 63.1 Å². The number of nitrogens with one attached hydrogen (secondary N) is 2. The van der Waals surface area contributed by atoms with Crippen LogP contribution in [-0.2, 0) is 16.8 Å². The highest BCUT2D eigenvalue weighted by atomic mass is 32.1. The molecule has 0 saturated carbocycles. The highest BCUT2D eigenvalue weighted by Crippen LogP contribution is 2.40. The first-order chi connectivity index (χ1) is 16.4. The molecule has 0 bridgehead atoms. The van der Waals surface area contributed by atoms with E-state index in [9.17, 15) is 23.1 Å². The van der Waals surface area contributed by atoms with Crippen LogP contribution in [0.1, 0.15) is 23.7 Å². The molecule has 3 N–H and O–H groups in total. The second-order valence-electron chi connectivity index (χ2n) is 8.41. The Balaban J connectivity index is 1.66. The van der Waals surface area contributed by atoms with E-state index in [0.29, 0.717) is 40.6 Å². The molecule has 0 amide bonds. The number of halogens is 3. The van der Waals surface area contributed by atoms with Crippen LogP contribution in [0.25, 0.3) is 22.4 Å². The van der Waals surface area contributed by atoms with Gasteiger partial charge < -0.3 is 9.84 Å². The quantitative estimate of drug-likeness (QED) is 0.264. The van der Waals surface area contributed by atoms with Crippen LogP contribution in [0.15, 0.2) is 30.6 Å². The van der Waals surface area contributed by atoms with Gasteiger partial charge in [-0.25, -0.2) is 15.2 Å². The fourth-order valence-corrected chi connectivity index (χ4v) is 4.56. The van der Waals surface area contributed by atoms with E-state index in [1.165, 1.54) is 23.1 Å². The number of alkyl halides is 3. The molecule has 0 spiro atoms. The Bertz CT molecular complexity index is 1280. The first kappa shape index (κ1) is 24.7. The standard InChI is InChI=1S/C22H23F3N6O3S/c1-21(2,20(32)33)31-10-13(9-28-31)12-4-5-14-15(8-12)34-7-6-16-17(14)29-19(35-16)18(26)30(27-3)11-22(23,24)25/h4-5,8-10,26-27H,6-7,11H2,1-3H3,(H,32,33). The van der Waals surface area contributed by atoms with E-state index in [1.807, 2.05) is 6.07 Å². The maximum absolute atomic E-state index is 12.9. The fourth-order valence-electron chi connectivity index (χ4n) is 3.54. The normalized spacial score (nSPS) is 13.4. The van der Waals surface area contributed by atoms with E-state index in [2.05, 4.69) is 15.5 Å². The molecule has 1 aliphatic heterocycles. The number of ether oxygens (including phenoxy) is 1. The number of rotatable bonds is 6. The van der Waals surface area contributed by atoms with Crippen molar-refractivity contribution in [2.24, 2.45) is 0 Å². The Morgan fingerprint density at radius 2 is 2.09 bits per heavy atom. The van der Waals surface area contributed by atoms with E-state index in [4.69, 9.17) is 10.1 Å². The number of fused-ring (bicyclic) bond motifs is 3. The number of benzene rings is 1. The number of hydrazine groups is 1. The van der Waals surface area contributed by atoms with Gasteiger partial charge in [0, 0.05) is 35.7 Å². The van der Waals surface area contributed by atoms with Gasteiger partial charge in [-0.2, -0.15) is 18.3 Å². The minimum absolute atomic E-state index is 0.169. The van der Waals surface area contributed by atoms with Crippen molar-refractivity contribution in [3.8, 4) is 28.1 Å². The first-order valence-electron chi connectivity index (χ1n) is 10.6. The van der Waals surface area contributed by atoms with Crippen molar-refractivity contribution in [1.82, 2.24) is 25.2 Å². The molecular weight excluding hydrogens is 485 g/mol. The number of thiazole rings is 1. The van der Waals surface area contributed by atoms with Crippen LogP contribution in [0.4, 0.5) is 13.2 Å². The lowest BCUT2D eigenvalue weighted by Crippen LogP contribution is -2.46. The van der Waals surface area contributed by atoms with Crippen LogP contribution >= 0.6 is 11.3 Å². The van der Waals surface area contributed by atoms with Gasteiger partial charge in [-0.1, -0.05) is 6.07 Å².